The Morgan fingerprint density at radius 2 is 2.23 bits per heavy atom. The molecule has 0 unspecified atom stereocenters. The molecule has 1 fully saturated rings. The normalized spacial score (nSPS) is 15.8. The van der Waals surface area contributed by atoms with E-state index in [1.165, 1.54) is 12.8 Å². The van der Waals surface area contributed by atoms with E-state index in [9.17, 15) is 0 Å². The molecule has 0 radical (unpaired) electrons. The van der Waals surface area contributed by atoms with Crippen molar-refractivity contribution in [3.63, 3.8) is 0 Å². The van der Waals surface area contributed by atoms with Crippen LogP contribution in [-0.4, -0.2) is 6.61 Å². The van der Waals surface area contributed by atoms with E-state index in [0.717, 1.165) is 28.4 Å². The van der Waals surface area contributed by atoms with Gasteiger partial charge >= 0.3 is 0 Å². The molecule has 3 heteroatoms. The molecule has 2 N–H and O–H groups in total. The van der Waals surface area contributed by atoms with E-state index in [1.54, 1.807) is 0 Å². The molecular weight excluding hydrogens is 230 g/mol. The van der Waals surface area contributed by atoms with Gasteiger partial charge in [-0.1, -0.05) is 0 Å². The van der Waals surface area contributed by atoms with Crippen LogP contribution < -0.4 is 10.5 Å². The van der Waals surface area contributed by atoms with Gasteiger partial charge in [0, 0.05) is 10.2 Å². The molecule has 0 spiro atoms. The Morgan fingerprint density at radius 1 is 1.46 bits per heavy atom. The molecule has 1 aliphatic carbocycles. The largest absolute Gasteiger partial charge is 0.493 e. The number of hydrogen-bond donors (Lipinski definition) is 1. The fraction of sp³-hybridized carbons (Fsp3) is 0.400. The number of nitrogens with two attached hydrogens (primary N) is 1. The molecule has 0 aromatic heterocycles. The molecule has 2 rings (SSSR count). The first-order valence-electron chi connectivity index (χ1n) is 4.43. The van der Waals surface area contributed by atoms with Crippen LogP contribution >= 0.6 is 15.9 Å². The first-order valence-corrected chi connectivity index (χ1v) is 5.23. The molecule has 2 nitrogen and oxygen atoms in total. The first-order chi connectivity index (χ1) is 6.25. The lowest BCUT2D eigenvalue weighted by Gasteiger charge is -2.06. The van der Waals surface area contributed by atoms with Crippen molar-refractivity contribution in [2.45, 2.75) is 12.8 Å². The van der Waals surface area contributed by atoms with Gasteiger partial charge < -0.3 is 10.5 Å². The monoisotopic (exact) mass is 241 g/mol. The van der Waals surface area contributed by atoms with Crippen LogP contribution in [0.3, 0.4) is 0 Å². The third-order valence-electron chi connectivity index (χ3n) is 2.15. The first kappa shape index (κ1) is 8.88. The van der Waals surface area contributed by atoms with Gasteiger partial charge in [-0.2, -0.15) is 0 Å². The third-order valence-corrected chi connectivity index (χ3v) is 2.84. The van der Waals surface area contributed by atoms with Gasteiger partial charge in [-0.25, -0.2) is 0 Å². The van der Waals surface area contributed by atoms with Crippen LogP contribution in [-0.2, 0) is 0 Å². The summed E-state index contributed by atoms with van der Waals surface area (Å²) in [5.74, 6) is 1.68. The van der Waals surface area contributed by atoms with Crippen LogP contribution in [0, 0.1) is 5.92 Å². The van der Waals surface area contributed by atoms with Gasteiger partial charge in [-0.05, 0) is 52.9 Å². The number of anilines is 1. The summed E-state index contributed by atoms with van der Waals surface area (Å²) in [6.07, 6.45) is 2.63. The minimum Gasteiger partial charge on any atom is -0.493 e. The minimum atomic E-state index is 0.749. The van der Waals surface area contributed by atoms with Gasteiger partial charge in [0.1, 0.15) is 5.75 Å². The Kier molecular flexibility index (Phi) is 2.44. The van der Waals surface area contributed by atoms with Crippen LogP contribution in [0.15, 0.2) is 22.7 Å². The smallest absolute Gasteiger partial charge is 0.120 e. The fourth-order valence-corrected chi connectivity index (χ4v) is 1.45. The number of hydrogen-bond acceptors (Lipinski definition) is 2. The summed E-state index contributed by atoms with van der Waals surface area (Å²) in [6.45, 7) is 0.844. The van der Waals surface area contributed by atoms with E-state index >= 15 is 0 Å². The summed E-state index contributed by atoms with van der Waals surface area (Å²) in [5.41, 5.74) is 6.40. The Bertz CT molecular complexity index is 310. The molecule has 13 heavy (non-hydrogen) atoms. The number of rotatable bonds is 3. The predicted molar refractivity (Wildman–Crippen MR) is 56.8 cm³/mol. The highest BCUT2D eigenvalue weighted by Crippen LogP contribution is 2.30. The molecule has 0 heterocycles. The van der Waals surface area contributed by atoms with E-state index in [1.807, 2.05) is 18.2 Å². The van der Waals surface area contributed by atoms with Crippen molar-refractivity contribution in [2.75, 3.05) is 12.3 Å². The molecule has 0 bridgehead atoms. The Hall–Kier alpha value is -0.700. The summed E-state index contributed by atoms with van der Waals surface area (Å²) in [7, 11) is 0. The van der Waals surface area contributed by atoms with Crippen molar-refractivity contribution in [3.05, 3.63) is 22.7 Å². The van der Waals surface area contributed by atoms with Crippen molar-refractivity contribution < 1.29 is 4.74 Å². The number of benzene rings is 1. The zero-order valence-electron chi connectivity index (χ0n) is 7.29. The number of nitrogen functional groups attached to an aromatic ring is 1. The van der Waals surface area contributed by atoms with Crippen molar-refractivity contribution in [1.82, 2.24) is 0 Å². The van der Waals surface area contributed by atoms with Crippen LogP contribution in [0.4, 0.5) is 5.69 Å². The Balaban J connectivity index is 1.98. The molecule has 70 valence electrons. The maximum atomic E-state index is 5.65. The highest BCUT2D eigenvalue weighted by molar-refractivity contribution is 9.10. The molecule has 1 saturated carbocycles. The van der Waals surface area contributed by atoms with Crippen molar-refractivity contribution in [3.8, 4) is 5.75 Å². The van der Waals surface area contributed by atoms with Crippen molar-refractivity contribution in [1.29, 1.82) is 0 Å². The van der Waals surface area contributed by atoms with Crippen LogP contribution in [0.5, 0.6) is 5.75 Å². The van der Waals surface area contributed by atoms with Crippen LogP contribution in [0.25, 0.3) is 0 Å². The maximum absolute atomic E-state index is 5.65. The van der Waals surface area contributed by atoms with E-state index < -0.39 is 0 Å². The highest BCUT2D eigenvalue weighted by Gasteiger charge is 2.21. The minimum absolute atomic E-state index is 0.749. The maximum Gasteiger partial charge on any atom is 0.120 e. The molecule has 0 aliphatic heterocycles. The van der Waals surface area contributed by atoms with Gasteiger partial charge in [0.2, 0.25) is 0 Å². The van der Waals surface area contributed by atoms with E-state index in [4.69, 9.17) is 10.5 Å². The predicted octanol–water partition coefficient (Wildman–Crippen LogP) is 2.82. The molecule has 1 aliphatic rings. The Labute approximate surface area is 86.2 Å². The molecule has 0 atom stereocenters. The van der Waals surface area contributed by atoms with Gasteiger partial charge in [0.05, 0.1) is 6.61 Å². The molecule has 0 amide bonds. The lowest BCUT2D eigenvalue weighted by atomic mass is 10.3. The number of ether oxygens (including phenoxy) is 1. The third kappa shape index (κ3) is 2.37. The quantitative estimate of drug-likeness (QED) is 0.827. The average Bonchev–Trinajstić information content (AvgIpc) is 2.91. The summed E-state index contributed by atoms with van der Waals surface area (Å²) in [6, 6.07) is 5.67. The lowest BCUT2D eigenvalue weighted by molar-refractivity contribution is 0.299. The second-order valence-electron chi connectivity index (χ2n) is 3.44. The van der Waals surface area contributed by atoms with Gasteiger partial charge in [-0.3, -0.25) is 0 Å². The zero-order chi connectivity index (χ0) is 9.26. The number of halogens is 1. The topological polar surface area (TPSA) is 35.2 Å². The second-order valence-corrected chi connectivity index (χ2v) is 4.29. The lowest BCUT2D eigenvalue weighted by Crippen LogP contribution is -1.99. The van der Waals surface area contributed by atoms with Crippen LogP contribution in [0.2, 0.25) is 0 Å². The van der Waals surface area contributed by atoms with Gasteiger partial charge in [0.15, 0.2) is 0 Å². The van der Waals surface area contributed by atoms with E-state index in [2.05, 4.69) is 15.9 Å². The summed E-state index contributed by atoms with van der Waals surface area (Å²) >= 11 is 3.36. The van der Waals surface area contributed by atoms with Gasteiger partial charge in [-0.15, -0.1) is 0 Å². The highest BCUT2D eigenvalue weighted by atomic mass is 79.9. The van der Waals surface area contributed by atoms with E-state index in [-0.39, 0.29) is 0 Å². The Morgan fingerprint density at radius 3 is 2.85 bits per heavy atom. The SMILES string of the molecule is Nc1ccc(OCC2CC2)cc1Br. The van der Waals surface area contributed by atoms with Crippen LogP contribution in [0.1, 0.15) is 12.8 Å². The van der Waals surface area contributed by atoms with Gasteiger partial charge in [0.25, 0.3) is 0 Å². The molecule has 0 saturated heterocycles. The van der Waals surface area contributed by atoms with E-state index in [0.29, 0.717) is 0 Å². The zero-order valence-corrected chi connectivity index (χ0v) is 8.88. The molecule has 1 aromatic rings. The second kappa shape index (κ2) is 3.58. The summed E-state index contributed by atoms with van der Waals surface area (Å²) in [5, 5.41) is 0. The van der Waals surface area contributed by atoms with Crippen molar-refractivity contribution in [2.24, 2.45) is 5.92 Å². The average molecular weight is 242 g/mol. The van der Waals surface area contributed by atoms with Crippen molar-refractivity contribution >= 4 is 21.6 Å². The summed E-state index contributed by atoms with van der Waals surface area (Å²) < 4.78 is 6.48. The molecular formula is C10H12BrNO. The fourth-order valence-electron chi connectivity index (χ4n) is 1.10. The summed E-state index contributed by atoms with van der Waals surface area (Å²) in [4.78, 5) is 0. The molecule has 1 aromatic carbocycles. The standard InChI is InChI=1S/C10H12BrNO/c11-9-5-8(3-4-10(9)12)13-6-7-1-2-7/h3-5,7H,1-2,6,12H2.